The smallest absolute Gasteiger partial charge is 0.0790 e. The van der Waals surface area contributed by atoms with E-state index >= 15 is 0 Å². The normalized spacial score (nSPS) is 15.6. The van der Waals surface area contributed by atoms with Gasteiger partial charge in [-0.3, -0.25) is 4.99 Å². The van der Waals surface area contributed by atoms with Crippen LogP contribution in [0.15, 0.2) is 53.1 Å². The zero-order valence-electron chi connectivity index (χ0n) is 14.7. The topological polar surface area (TPSA) is 41.8 Å². The lowest BCUT2D eigenvalue weighted by atomic mass is 9.85. The fourth-order valence-electron chi connectivity index (χ4n) is 1.96. The molecule has 0 aliphatic rings. The number of methoxy groups -OCH3 is 1. The Kier molecular flexibility index (Phi) is 8.91. The molecule has 0 amide bonds. The van der Waals surface area contributed by atoms with E-state index in [4.69, 9.17) is 9.84 Å². The number of aliphatic imine (C=N–C) groups is 1. The van der Waals surface area contributed by atoms with Gasteiger partial charge < -0.3 is 9.84 Å². The first kappa shape index (κ1) is 20.6. The molecule has 0 aromatic carbocycles. The van der Waals surface area contributed by atoms with Crippen LogP contribution in [0.25, 0.3) is 0 Å². The highest BCUT2D eigenvalue weighted by Crippen LogP contribution is 2.27. The number of allylic oxidation sites excluding steroid dienone is 3. The van der Waals surface area contributed by atoms with Crippen LogP contribution in [0, 0.1) is 11.3 Å². The summed E-state index contributed by atoms with van der Waals surface area (Å²) in [4.78, 5) is 4.20. The van der Waals surface area contributed by atoms with Crippen molar-refractivity contribution in [2.75, 3.05) is 20.3 Å². The first-order valence-electron chi connectivity index (χ1n) is 7.49. The number of aliphatic hydroxyl groups excluding tert-OH is 1. The molecule has 0 aliphatic carbocycles. The summed E-state index contributed by atoms with van der Waals surface area (Å²) in [7, 11) is 1.62. The molecule has 0 aliphatic heterocycles. The third-order valence-electron chi connectivity index (χ3n) is 3.76. The number of rotatable bonds is 9. The molecule has 0 bridgehead atoms. The zero-order chi connectivity index (χ0) is 17.3. The van der Waals surface area contributed by atoms with Crippen molar-refractivity contribution in [3.63, 3.8) is 0 Å². The minimum atomic E-state index is -0.160. The van der Waals surface area contributed by atoms with Gasteiger partial charge in [-0.15, -0.1) is 0 Å². The third kappa shape index (κ3) is 6.54. The average Bonchev–Trinajstić information content (AvgIpc) is 2.44. The Morgan fingerprint density at radius 1 is 1.27 bits per heavy atom. The summed E-state index contributed by atoms with van der Waals surface area (Å²) in [6, 6.07) is -0.160. The van der Waals surface area contributed by atoms with Crippen LogP contribution in [0.5, 0.6) is 0 Å². The molecule has 2 atom stereocenters. The van der Waals surface area contributed by atoms with Gasteiger partial charge in [-0.25, -0.2) is 0 Å². The molecule has 0 aromatic heterocycles. The molecule has 0 fully saturated rings. The highest BCUT2D eigenvalue weighted by Gasteiger charge is 2.21. The van der Waals surface area contributed by atoms with Crippen LogP contribution < -0.4 is 0 Å². The molecular weight excluding hydrogens is 274 g/mol. The lowest BCUT2D eigenvalue weighted by molar-refractivity contribution is 0.216. The second-order valence-corrected chi connectivity index (χ2v) is 6.49. The van der Waals surface area contributed by atoms with Crippen LogP contribution in [0.4, 0.5) is 0 Å². The summed E-state index contributed by atoms with van der Waals surface area (Å²) in [6.07, 6.45) is 5.72. The predicted octanol–water partition coefficient (Wildman–Crippen LogP) is 3.97. The van der Waals surface area contributed by atoms with Gasteiger partial charge in [-0.1, -0.05) is 59.1 Å². The van der Waals surface area contributed by atoms with Crippen LogP contribution >= 0.6 is 0 Å². The lowest BCUT2D eigenvalue weighted by Gasteiger charge is -2.24. The maximum absolute atomic E-state index is 9.15. The highest BCUT2D eigenvalue weighted by molar-refractivity contribution is 5.34. The molecule has 2 unspecified atom stereocenters. The van der Waals surface area contributed by atoms with Gasteiger partial charge in [0, 0.05) is 13.0 Å². The van der Waals surface area contributed by atoms with Crippen LogP contribution in [0.2, 0.25) is 0 Å². The second-order valence-electron chi connectivity index (χ2n) is 6.49. The summed E-state index contributed by atoms with van der Waals surface area (Å²) < 4.78 is 5.18. The Morgan fingerprint density at radius 2 is 1.86 bits per heavy atom. The van der Waals surface area contributed by atoms with Crippen molar-refractivity contribution >= 4 is 6.72 Å². The van der Waals surface area contributed by atoms with Crippen LogP contribution in [0.1, 0.15) is 27.7 Å². The quantitative estimate of drug-likeness (QED) is 0.398. The van der Waals surface area contributed by atoms with Gasteiger partial charge in [0.15, 0.2) is 0 Å². The van der Waals surface area contributed by atoms with Crippen LogP contribution in [-0.2, 0) is 4.74 Å². The van der Waals surface area contributed by atoms with Gasteiger partial charge in [-0.2, -0.15) is 0 Å². The van der Waals surface area contributed by atoms with E-state index in [0.717, 1.165) is 16.7 Å². The zero-order valence-corrected chi connectivity index (χ0v) is 14.7. The maximum atomic E-state index is 9.15. The first-order valence-corrected chi connectivity index (χ1v) is 7.49. The summed E-state index contributed by atoms with van der Waals surface area (Å²) in [5, 5.41) is 9.15. The van der Waals surface area contributed by atoms with Gasteiger partial charge in [0.2, 0.25) is 0 Å². The maximum Gasteiger partial charge on any atom is 0.0790 e. The molecule has 1 N–H and O–H groups in total. The molecule has 0 radical (unpaired) electrons. The van der Waals surface area contributed by atoms with Gasteiger partial charge >= 0.3 is 0 Å². The van der Waals surface area contributed by atoms with Crippen molar-refractivity contribution in [1.29, 1.82) is 0 Å². The van der Waals surface area contributed by atoms with Gasteiger partial charge in [0.1, 0.15) is 0 Å². The van der Waals surface area contributed by atoms with Crippen molar-refractivity contribution in [3.8, 4) is 0 Å². The van der Waals surface area contributed by atoms with E-state index in [-0.39, 0.29) is 24.0 Å². The fourth-order valence-corrected chi connectivity index (χ4v) is 1.96. The summed E-state index contributed by atoms with van der Waals surface area (Å²) in [6.45, 7) is 20.7. The number of hydrogen-bond donors (Lipinski definition) is 1. The largest absolute Gasteiger partial charge is 0.392 e. The molecule has 3 heteroatoms. The Hall–Kier alpha value is -1.45. The molecule has 22 heavy (non-hydrogen) atoms. The number of aliphatic hydroxyl groups is 1. The SMILES string of the molecule is C=NC(/C(=C/CO)COC)C(C)C(=C)/C=C\C(=C)C(C)(C)C. The number of hydrogen-bond acceptors (Lipinski definition) is 3. The van der Waals surface area contributed by atoms with Crippen LogP contribution in [0.3, 0.4) is 0 Å². The third-order valence-corrected chi connectivity index (χ3v) is 3.76. The number of nitrogens with zero attached hydrogens (tertiary/aromatic N) is 1. The molecule has 124 valence electrons. The van der Waals surface area contributed by atoms with Crippen molar-refractivity contribution < 1.29 is 9.84 Å². The minimum Gasteiger partial charge on any atom is -0.392 e. The van der Waals surface area contributed by atoms with E-state index in [0.29, 0.717) is 6.61 Å². The van der Waals surface area contributed by atoms with Crippen molar-refractivity contribution in [1.82, 2.24) is 0 Å². The Morgan fingerprint density at radius 3 is 2.27 bits per heavy atom. The highest BCUT2D eigenvalue weighted by atomic mass is 16.5. The molecule has 0 saturated carbocycles. The molecule has 0 spiro atoms. The Labute approximate surface area is 135 Å². The fraction of sp³-hybridized carbons (Fsp3) is 0.526. The van der Waals surface area contributed by atoms with E-state index < -0.39 is 0 Å². The van der Waals surface area contributed by atoms with Crippen LogP contribution in [-0.4, -0.2) is 38.2 Å². The van der Waals surface area contributed by atoms with Crippen molar-refractivity contribution in [2.45, 2.75) is 33.7 Å². The van der Waals surface area contributed by atoms with Crippen molar-refractivity contribution in [2.24, 2.45) is 16.3 Å². The summed E-state index contributed by atoms with van der Waals surface area (Å²) in [5.41, 5.74) is 2.94. The molecular formula is C19H31NO2. The monoisotopic (exact) mass is 305 g/mol. The van der Waals surface area contributed by atoms with E-state index in [1.54, 1.807) is 13.2 Å². The standard InChI is InChI=1S/C19H31NO2/c1-14(9-10-15(2)19(4,5)6)16(3)18(20-7)17(11-12-21)13-22-8/h9-11,16,18,21H,1-2,7,12-13H2,3-6,8H3/b10-9-,17-11+. The average molecular weight is 305 g/mol. The minimum absolute atomic E-state index is 0.0358. The molecule has 0 rings (SSSR count). The summed E-state index contributed by atoms with van der Waals surface area (Å²) in [5.74, 6) is 0.0643. The van der Waals surface area contributed by atoms with E-state index in [2.05, 4.69) is 45.6 Å². The Bertz CT molecular complexity index is 453. The van der Waals surface area contributed by atoms with Crippen molar-refractivity contribution in [3.05, 3.63) is 48.1 Å². The van der Waals surface area contributed by atoms with Gasteiger partial charge in [0.25, 0.3) is 0 Å². The first-order chi connectivity index (χ1) is 10.2. The Balaban J connectivity index is 5.11. The molecule has 0 heterocycles. The second kappa shape index (κ2) is 9.54. The number of ether oxygens (including phenoxy) is 1. The van der Waals surface area contributed by atoms with E-state index in [9.17, 15) is 0 Å². The molecule has 3 nitrogen and oxygen atoms in total. The van der Waals surface area contributed by atoms with Gasteiger partial charge in [0.05, 0.1) is 19.3 Å². The van der Waals surface area contributed by atoms with Gasteiger partial charge in [-0.05, 0) is 28.9 Å². The molecule has 0 saturated heterocycles. The van der Waals surface area contributed by atoms with E-state index in [1.165, 1.54) is 0 Å². The predicted molar refractivity (Wildman–Crippen MR) is 96.4 cm³/mol. The summed E-state index contributed by atoms with van der Waals surface area (Å²) >= 11 is 0. The molecule has 0 aromatic rings. The van der Waals surface area contributed by atoms with E-state index in [1.807, 2.05) is 19.1 Å². The lowest BCUT2D eigenvalue weighted by Crippen LogP contribution is -2.22.